The second-order valence-electron chi connectivity index (χ2n) is 4.06. The monoisotopic (exact) mass is 280 g/mol. The van der Waals surface area contributed by atoms with Crippen LogP contribution in [0, 0.1) is 17.6 Å². The first-order valence-corrected chi connectivity index (χ1v) is 5.91. The van der Waals surface area contributed by atoms with Crippen molar-refractivity contribution in [3.63, 3.8) is 0 Å². The van der Waals surface area contributed by atoms with Gasteiger partial charge in [-0.2, -0.15) is 4.39 Å². The summed E-state index contributed by atoms with van der Waals surface area (Å²) in [4.78, 5) is 14.7. The Bertz CT molecular complexity index is 632. The van der Waals surface area contributed by atoms with E-state index >= 15 is 0 Å². The maximum Gasteiger partial charge on any atom is 0.254 e. The minimum atomic E-state index is -1.33. The van der Waals surface area contributed by atoms with Crippen LogP contribution in [0.5, 0.6) is 0 Å². The van der Waals surface area contributed by atoms with Crippen molar-refractivity contribution in [2.75, 3.05) is 6.54 Å². The van der Waals surface area contributed by atoms with Gasteiger partial charge in [0.1, 0.15) is 5.82 Å². The first kappa shape index (κ1) is 14.0. The smallest absolute Gasteiger partial charge is 0.254 e. The Hall–Kier alpha value is -2.37. The van der Waals surface area contributed by atoms with Crippen LogP contribution in [0.3, 0.4) is 0 Å². The third-order valence-electron chi connectivity index (χ3n) is 2.73. The Labute approximate surface area is 113 Å². The number of aromatic nitrogens is 1. The summed E-state index contributed by atoms with van der Waals surface area (Å²) >= 11 is 0. The highest BCUT2D eigenvalue weighted by molar-refractivity contribution is 5.94. The van der Waals surface area contributed by atoms with Crippen LogP contribution < -0.4 is 5.32 Å². The van der Waals surface area contributed by atoms with Crippen LogP contribution in [-0.2, 0) is 6.42 Å². The minimum absolute atomic E-state index is 0.114. The van der Waals surface area contributed by atoms with E-state index in [1.807, 2.05) is 0 Å². The number of nitrogens with zero attached hydrogens (tertiary/aromatic N) is 1. The number of carbonyl (C=O) groups excluding carboxylic acids is 1. The van der Waals surface area contributed by atoms with Crippen molar-refractivity contribution in [1.29, 1.82) is 0 Å². The quantitative estimate of drug-likeness (QED) is 0.874. The molecule has 0 bridgehead atoms. The van der Waals surface area contributed by atoms with Gasteiger partial charge in [-0.05, 0) is 24.1 Å². The molecule has 1 aromatic heterocycles. The number of rotatable bonds is 4. The Kier molecular flexibility index (Phi) is 4.34. The molecule has 0 atom stereocenters. The molecular weight excluding hydrogens is 269 g/mol. The van der Waals surface area contributed by atoms with E-state index in [2.05, 4.69) is 10.3 Å². The van der Waals surface area contributed by atoms with Crippen LogP contribution in [0.15, 0.2) is 36.5 Å². The molecule has 6 heteroatoms. The molecule has 0 aliphatic rings. The van der Waals surface area contributed by atoms with Crippen LogP contribution in [0.1, 0.15) is 15.9 Å². The summed E-state index contributed by atoms with van der Waals surface area (Å²) in [6.07, 6.45) is 1.26. The number of nitrogens with one attached hydrogen (secondary N) is 1. The van der Waals surface area contributed by atoms with Gasteiger partial charge in [0, 0.05) is 12.7 Å². The summed E-state index contributed by atoms with van der Waals surface area (Å²) in [6.45, 7) is 0.114. The fourth-order valence-corrected chi connectivity index (χ4v) is 1.70. The third kappa shape index (κ3) is 3.14. The number of hydrogen-bond donors (Lipinski definition) is 1. The summed E-state index contributed by atoms with van der Waals surface area (Å²) in [5, 5.41) is 2.40. The van der Waals surface area contributed by atoms with Crippen LogP contribution in [0.25, 0.3) is 0 Å². The van der Waals surface area contributed by atoms with Crippen molar-refractivity contribution >= 4 is 5.91 Å². The molecule has 0 radical (unpaired) electrons. The van der Waals surface area contributed by atoms with E-state index in [0.717, 1.165) is 12.3 Å². The average Bonchev–Trinajstić information content (AvgIpc) is 2.44. The van der Waals surface area contributed by atoms with Crippen molar-refractivity contribution in [3.05, 3.63) is 65.2 Å². The molecule has 0 saturated heterocycles. The zero-order valence-corrected chi connectivity index (χ0v) is 10.4. The van der Waals surface area contributed by atoms with Gasteiger partial charge in [-0.1, -0.05) is 18.2 Å². The molecule has 0 aliphatic carbocycles. The largest absolute Gasteiger partial charge is 0.352 e. The van der Waals surface area contributed by atoms with Gasteiger partial charge in [0.25, 0.3) is 5.91 Å². The number of amides is 1. The fraction of sp³-hybridized carbons (Fsp3) is 0.143. The molecule has 2 aromatic rings. The number of pyridine rings is 1. The standard InChI is InChI=1S/C14H11F3N2O/c15-11-4-2-1-3-9(11)5-7-19-14(20)10-6-8-18-13(17)12(10)16/h1-4,6,8H,5,7H2,(H,19,20). The Balaban J connectivity index is 1.96. The van der Waals surface area contributed by atoms with Crippen LogP contribution in [-0.4, -0.2) is 17.4 Å². The molecule has 20 heavy (non-hydrogen) atoms. The first-order chi connectivity index (χ1) is 9.59. The maximum atomic E-state index is 13.3. The molecule has 0 spiro atoms. The molecule has 1 N–H and O–H groups in total. The van der Waals surface area contributed by atoms with Crippen LogP contribution in [0.4, 0.5) is 13.2 Å². The third-order valence-corrected chi connectivity index (χ3v) is 2.73. The SMILES string of the molecule is O=C(NCCc1ccccc1F)c1ccnc(F)c1F. The molecule has 104 valence electrons. The van der Waals surface area contributed by atoms with Gasteiger partial charge in [-0.25, -0.2) is 13.8 Å². The second-order valence-corrected chi connectivity index (χ2v) is 4.06. The van der Waals surface area contributed by atoms with Crippen molar-refractivity contribution in [2.45, 2.75) is 6.42 Å². The summed E-state index contributed by atoms with van der Waals surface area (Å²) < 4.78 is 39.5. The molecular formula is C14H11F3N2O. The first-order valence-electron chi connectivity index (χ1n) is 5.91. The van der Waals surface area contributed by atoms with Crippen molar-refractivity contribution in [2.24, 2.45) is 0 Å². The van der Waals surface area contributed by atoms with Crippen molar-refractivity contribution in [1.82, 2.24) is 10.3 Å². The lowest BCUT2D eigenvalue weighted by Crippen LogP contribution is -2.27. The van der Waals surface area contributed by atoms with Gasteiger partial charge >= 0.3 is 0 Å². The number of hydrogen-bond acceptors (Lipinski definition) is 2. The number of halogens is 3. The predicted octanol–water partition coefficient (Wildman–Crippen LogP) is 2.47. The van der Waals surface area contributed by atoms with Crippen LogP contribution >= 0.6 is 0 Å². The Morgan fingerprint density at radius 1 is 1.15 bits per heavy atom. The molecule has 1 amide bonds. The van der Waals surface area contributed by atoms with Gasteiger partial charge in [0.2, 0.25) is 5.95 Å². The molecule has 0 saturated carbocycles. The lowest BCUT2D eigenvalue weighted by Gasteiger charge is -2.07. The number of carbonyl (C=O) groups is 1. The topological polar surface area (TPSA) is 42.0 Å². The highest BCUT2D eigenvalue weighted by atomic mass is 19.2. The summed E-state index contributed by atoms with van der Waals surface area (Å²) in [5.74, 6) is -3.76. The normalized spacial score (nSPS) is 10.3. The van der Waals surface area contributed by atoms with Gasteiger partial charge in [0.05, 0.1) is 5.56 Å². The van der Waals surface area contributed by atoms with E-state index in [0.29, 0.717) is 5.56 Å². The van der Waals surface area contributed by atoms with Crippen molar-refractivity contribution < 1.29 is 18.0 Å². The maximum absolute atomic E-state index is 13.3. The molecule has 0 fully saturated rings. The van der Waals surface area contributed by atoms with Gasteiger partial charge < -0.3 is 5.32 Å². The highest BCUT2D eigenvalue weighted by Gasteiger charge is 2.15. The van der Waals surface area contributed by atoms with Gasteiger partial charge in [0.15, 0.2) is 5.82 Å². The molecule has 2 rings (SSSR count). The Morgan fingerprint density at radius 3 is 2.65 bits per heavy atom. The molecule has 3 nitrogen and oxygen atoms in total. The minimum Gasteiger partial charge on any atom is -0.352 e. The average molecular weight is 280 g/mol. The lowest BCUT2D eigenvalue weighted by atomic mass is 10.1. The summed E-state index contributed by atoms with van der Waals surface area (Å²) in [5.41, 5.74) is 0.0141. The molecule has 0 unspecified atom stereocenters. The molecule has 1 heterocycles. The van der Waals surface area contributed by atoms with E-state index in [1.165, 1.54) is 6.07 Å². The molecule has 0 aliphatic heterocycles. The van der Waals surface area contributed by atoms with E-state index in [4.69, 9.17) is 0 Å². The molecule has 1 aromatic carbocycles. The van der Waals surface area contributed by atoms with E-state index in [9.17, 15) is 18.0 Å². The highest BCUT2D eigenvalue weighted by Crippen LogP contribution is 2.09. The van der Waals surface area contributed by atoms with E-state index in [-0.39, 0.29) is 18.8 Å². The van der Waals surface area contributed by atoms with Gasteiger partial charge in [-0.15, -0.1) is 0 Å². The van der Waals surface area contributed by atoms with Crippen molar-refractivity contribution in [3.8, 4) is 0 Å². The fourth-order valence-electron chi connectivity index (χ4n) is 1.70. The summed E-state index contributed by atoms with van der Waals surface area (Å²) in [6, 6.07) is 7.23. The van der Waals surface area contributed by atoms with Crippen LogP contribution in [0.2, 0.25) is 0 Å². The lowest BCUT2D eigenvalue weighted by molar-refractivity contribution is 0.0948. The zero-order valence-electron chi connectivity index (χ0n) is 10.4. The zero-order chi connectivity index (χ0) is 14.5. The second kappa shape index (κ2) is 6.18. The Morgan fingerprint density at radius 2 is 1.90 bits per heavy atom. The van der Waals surface area contributed by atoms with E-state index in [1.54, 1.807) is 18.2 Å². The number of benzene rings is 1. The van der Waals surface area contributed by atoms with Gasteiger partial charge in [-0.3, -0.25) is 4.79 Å². The summed E-state index contributed by atoms with van der Waals surface area (Å²) in [7, 11) is 0. The predicted molar refractivity (Wildman–Crippen MR) is 66.6 cm³/mol. The van der Waals surface area contributed by atoms with E-state index < -0.39 is 23.2 Å².